The Labute approximate surface area is 219 Å². The molecule has 0 atom stereocenters. The molecule has 0 heterocycles. The first-order valence-electron chi connectivity index (χ1n) is 11.5. The number of aromatic hydroxyl groups is 2. The van der Waals surface area contributed by atoms with E-state index in [1.807, 2.05) is 12.1 Å². The Morgan fingerprint density at radius 2 is 0.818 bits per heavy atom. The van der Waals surface area contributed by atoms with E-state index in [0.29, 0.717) is 11.5 Å². The fourth-order valence-electron chi connectivity index (χ4n) is 2.78. The summed E-state index contributed by atoms with van der Waals surface area (Å²) in [4.78, 5) is 0. The molecule has 0 bridgehead atoms. The van der Waals surface area contributed by atoms with Crippen molar-refractivity contribution in [2.75, 3.05) is 0 Å². The normalized spacial score (nSPS) is 9.03. The summed E-state index contributed by atoms with van der Waals surface area (Å²) >= 11 is 0. The van der Waals surface area contributed by atoms with Crippen LogP contribution in [0.1, 0.15) is 50.7 Å². The molecule has 0 aliphatic carbocycles. The predicted octanol–water partition coefficient (Wildman–Crippen LogP) is 8.28. The summed E-state index contributed by atoms with van der Waals surface area (Å²) in [6.07, 6.45) is 7.75. The molecule has 4 rings (SSSR count). The van der Waals surface area contributed by atoms with Gasteiger partial charge in [0.05, 0.1) is 0 Å². The van der Waals surface area contributed by atoms with Crippen LogP contribution in [0.25, 0.3) is 0 Å². The van der Waals surface area contributed by atoms with Gasteiger partial charge in [0.2, 0.25) is 0 Å². The van der Waals surface area contributed by atoms with E-state index in [2.05, 4.69) is 62.4 Å². The Morgan fingerprint density at radius 1 is 0.515 bits per heavy atom. The molecule has 0 saturated heterocycles. The summed E-state index contributed by atoms with van der Waals surface area (Å²) in [6, 6.07) is 34.6. The van der Waals surface area contributed by atoms with Gasteiger partial charge in [-0.1, -0.05) is 88.8 Å². The minimum absolute atomic E-state index is 0. The summed E-state index contributed by atoms with van der Waals surface area (Å²) in [5, 5.41) is 17.3. The largest absolute Gasteiger partial charge is 2.00 e. The van der Waals surface area contributed by atoms with E-state index in [-0.39, 0.29) is 26.2 Å². The number of hydrogen-bond donors (Lipinski definition) is 2. The fourth-order valence-corrected chi connectivity index (χ4v) is 2.78. The van der Waals surface area contributed by atoms with Crippen LogP contribution in [0.5, 0.6) is 11.5 Å². The molecule has 4 aromatic carbocycles. The third kappa shape index (κ3) is 17.8. The van der Waals surface area contributed by atoms with E-state index in [4.69, 9.17) is 10.2 Å². The molecule has 0 fully saturated rings. The third-order valence-electron chi connectivity index (χ3n) is 4.61. The van der Waals surface area contributed by atoms with Crippen LogP contribution in [0.4, 0.5) is 0 Å². The van der Waals surface area contributed by atoms with Gasteiger partial charge < -0.3 is 10.2 Å². The molecule has 174 valence electrons. The molecule has 33 heavy (non-hydrogen) atoms. The van der Waals surface area contributed by atoms with E-state index in [1.54, 1.807) is 48.5 Å². The van der Waals surface area contributed by atoms with Crippen molar-refractivity contribution >= 4 is 0 Å². The van der Waals surface area contributed by atoms with E-state index >= 15 is 0 Å². The number of para-hydroxylation sites is 2. The van der Waals surface area contributed by atoms with Crippen molar-refractivity contribution in [3.63, 3.8) is 0 Å². The monoisotopic (exact) mass is 520 g/mol. The standard InChI is InChI=1S/2C9H13.2C6H6O.Zr/c2*1-2-3-6-9-7-4-5-8-9;2*7-6-4-2-1-3-5-6;/h2*4-5,7-8H,2-3,6H2,1H3;2*1-5,7H;/q2*-1;;;+2. The first-order valence-corrected chi connectivity index (χ1v) is 11.5. The first-order chi connectivity index (χ1) is 15.7. The van der Waals surface area contributed by atoms with Crippen molar-refractivity contribution < 1.29 is 36.4 Å². The minimum Gasteiger partial charge on any atom is -0.508 e. The van der Waals surface area contributed by atoms with Gasteiger partial charge in [0.15, 0.2) is 0 Å². The summed E-state index contributed by atoms with van der Waals surface area (Å²) in [5.41, 5.74) is 2.97. The zero-order valence-electron chi connectivity index (χ0n) is 20.0. The second kappa shape index (κ2) is 21.5. The maximum Gasteiger partial charge on any atom is 2.00 e. The van der Waals surface area contributed by atoms with Gasteiger partial charge >= 0.3 is 26.2 Å². The maximum absolute atomic E-state index is 8.63. The van der Waals surface area contributed by atoms with Gasteiger partial charge in [-0.15, -0.1) is 0 Å². The number of rotatable bonds is 6. The third-order valence-corrected chi connectivity index (χ3v) is 4.61. The fraction of sp³-hybridized carbons (Fsp3) is 0.267. The van der Waals surface area contributed by atoms with Gasteiger partial charge in [0, 0.05) is 0 Å². The van der Waals surface area contributed by atoms with Crippen molar-refractivity contribution in [3.05, 3.63) is 120 Å². The Bertz CT molecular complexity index is 779. The van der Waals surface area contributed by atoms with E-state index in [1.165, 1.54) is 49.7 Å². The van der Waals surface area contributed by atoms with Crippen molar-refractivity contribution in [1.29, 1.82) is 0 Å². The van der Waals surface area contributed by atoms with Crippen LogP contribution in [0, 0.1) is 0 Å². The van der Waals surface area contributed by atoms with Crippen molar-refractivity contribution in [1.82, 2.24) is 0 Å². The number of phenols is 2. The van der Waals surface area contributed by atoms with Crippen LogP contribution in [-0.2, 0) is 39.0 Å². The summed E-state index contributed by atoms with van der Waals surface area (Å²) < 4.78 is 0. The molecule has 0 aliphatic heterocycles. The Morgan fingerprint density at radius 3 is 1.03 bits per heavy atom. The molecular weight excluding hydrogens is 484 g/mol. The second-order valence-electron chi connectivity index (χ2n) is 7.46. The average molecular weight is 522 g/mol. The molecule has 0 unspecified atom stereocenters. The van der Waals surface area contributed by atoms with Gasteiger partial charge in [-0.05, 0) is 24.3 Å². The molecule has 3 heteroatoms. The Balaban J connectivity index is 0.000000412. The van der Waals surface area contributed by atoms with E-state index < -0.39 is 0 Å². The van der Waals surface area contributed by atoms with E-state index in [9.17, 15) is 0 Å². The predicted molar refractivity (Wildman–Crippen MR) is 138 cm³/mol. The molecule has 0 saturated carbocycles. The molecule has 0 aromatic heterocycles. The van der Waals surface area contributed by atoms with Gasteiger partial charge in [0.1, 0.15) is 11.5 Å². The summed E-state index contributed by atoms with van der Waals surface area (Å²) in [6.45, 7) is 4.45. The number of phenolic OH excluding ortho intramolecular Hbond substituents is 2. The number of benzene rings is 2. The maximum atomic E-state index is 8.63. The molecular formula is C30H38O2Zr. The SMILES string of the molecule is CCCC[c-]1cccc1.CCCC[c-]1cccc1.Oc1ccccc1.Oc1ccccc1.[Zr+2]. The smallest absolute Gasteiger partial charge is 0.508 e. The molecule has 2 nitrogen and oxygen atoms in total. The van der Waals surface area contributed by atoms with Crippen LogP contribution in [-0.4, -0.2) is 10.2 Å². The zero-order valence-corrected chi connectivity index (χ0v) is 22.5. The van der Waals surface area contributed by atoms with Crippen LogP contribution in [0.2, 0.25) is 0 Å². The van der Waals surface area contributed by atoms with Crippen LogP contribution in [0.3, 0.4) is 0 Å². The second-order valence-corrected chi connectivity index (χ2v) is 7.46. The number of hydrogen-bond acceptors (Lipinski definition) is 2. The van der Waals surface area contributed by atoms with E-state index in [0.717, 1.165) is 0 Å². The van der Waals surface area contributed by atoms with Gasteiger partial charge in [-0.2, -0.15) is 35.4 Å². The molecule has 0 amide bonds. The topological polar surface area (TPSA) is 40.5 Å². The molecule has 0 aliphatic rings. The molecule has 4 aromatic rings. The molecule has 2 N–H and O–H groups in total. The number of aryl methyl sites for hydroxylation is 2. The van der Waals surface area contributed by atoms with Crippen molar-refractivity contribution in [2.45, 2.75) is 52.4 Å². The van der Waals surface area contributed by atoms with Crippen LogP contribution >= 0.6 is 0 Å². The zero-order chi connectivity index (χ0) is 23.3. The van der Waals surface area contributed by atoms with Gasteiger partial charge in [0.25, 0.3) is 0 Å². The summed E-state index contributed by atoms with van der Waals surface area (Å²) in [7, 11) is 0. The Hall–Kier alpha value is -2.38. The quantitative estimate of drug-likeness (QED) is 0.251. The number of unbranched alkanes of at least 4 members (excludes halogenated alkanes) is 2. The first kappa shape index (κ1) is 30.6. The molecule has 0 radical (unpaired) electrons. The molecule has 0 spiro atoms. The van der Waals surface area contributed by atoms with Crippen LogP contribution in [0.15, 0.2) is 109 Å². The van der Waals surface area contributed by atoms with Gasteiger partial charge in [-0.3, -0.25) is 0 Å². The van der Waals surface area contributed by atoms with Crippen LogP contribution < -0.4 is 0 Å². The van der Waals surface area contributed by atoms with Crippen molar-refractivity contribution in [3.8, 4) is 11.5 Å². The Kier molecular flexibility index (Phi) is 19.9. The van der Waals surface area contributed by atoms with Crippen molar-refractivity contribution in [2.24, 2.45) is 0 Å². The average Bonchev–Trinajstić information content (AvgIpc) is 3.53. The minimum atomic E-state index is 0. The summed E-state index contributed by atoms with van der Waals surface area (Å²) in [5.74, 6) is 0.644. The van der Waals surface area contributed by atoms with Gasteiger partial charge in [-0.25, -0.2) is 24.3 Å².